The van der Waals surface area contributed by atoms with Crippen LogP contribution in [-0.4, -0.2) is 28.2 Å². The Morgan fingerprint density at radius 1 is 1.15 bits per heavy atom. The predicted octanol–water partition coefficient (Wildman–Crippen LogP) is 6.90. The monoisotopic (exact) mass is 755 g/mol. The Bertz CT molecular complexity index is 2080. The maximum atomic E-state index is 14.3. The van der Waals surface area contributed by atoms with Crippen LogP contribution in [-0.2, 0) is 16.1 Å². The Morgan fingerprint density at radius 2 is 1.87 bits per heavy atom. The topological polar surface area (TPSA) is 113 Å². The van der Waals surface area contributed by atoms with E-state index < -0.39 is 45.6 Å². The molecule has 1 aliphatic heterocycles. The Labute approximate surface area is 280 Å². The maximum absolute atomic E-state index is 14.3. The maximum Gasteiger partial charge on any atom is 0.434 e. The van der Waals surface area contributed by atoms with Gasteiger partial charge in [0.1, 0.15) is 6.61 Å². The van der Waals surface area contributed by atoms with Gasteiger partial charge in [0, 0.05) is 16.1 Å². The van der Waals surface area contributed by atoms with Crippen molar-refractivity contribution in [3.05, 3.63) is 133 Å². The molecule has 0 amide bonds. The van der Waals surface area contributed by atoms with Crippen LogP contribution >= 0.6 is 50.5 Å². The number of carbonyl (C=O) groups is 1. The number of carbonyl (C=O) groups excluding carboxylic acids is 1. The van der Waals surface area contributed by atoms with Crippen LogP contribution in [0.3, 0.4) is 0 Å². The zero-order valence-corrected chi connectivity index (χ0v) is 27.2. The summed E-state index contributed by atoms with van der Waals surface area (Å²) < 4.78 is 54.7. The number of ether oxygens (including phenoxy) is 2. The number of nitro groups is 1. The van der Waals surface area contributed by atoms with Gasteiger partial charge in [-0.2, -0.15) is 13.2 Å². The summed E-state index contributed by atoms with van der Waals surface area (Å²) in [6.45, 7) is 1.17. The van der Waals surface area contributed by atoms with E-state index in [1.165, 1.54) is 43.3 Å². The zero-order valence-electron chi connectivity index (χ0n) is 23.3. The predicted molar refractivity (Wildman–Crippen MR) is 169 cm³/mol. The molecule has 9 nitrogen and oxygen atoms in total. The van der Waals surface area contributed by atoms with Gasteiger partial charge in [-0.05, 0) is 76.0 Å². The van der Waals surface area contributed by atoms with Crippen LogP contribution in [0.4, 0.5) is 18.9 Å². The van der Waals surface area contributed by atoms with Gasteiger partial charge in [-0.1, -0.05) is 58.8 Å². The van der Waals surface area contributed by atoms with Gasteiger partial charge in [-0.15, -0.1) is 0 Å². The van der Waals surface area contributed by atoms with Crippen molar-refractivity contribution in [1.82, 2.24) is 4.57 Å². The van der Waals surface area contributed by atoms with Crippen molar-refractivity contribution in [2.45, 2.75) is 25.7 Å². The molecule has 2 heterocycles. The van der Waals surface area contributed by atoms with E-state index in [4.69, 9.17) is 32.7 Å². The van der Waals surface area contributed by atoms with Crippen molar-refractivity contribution >= 4 is 68.2 Å². The lowest BCUT2D eigenvalue weighted by molar-refractivity contribution is -0.386. The van der Waals surface area contributed by atoms with E-state index >= 15 is 0 Å². The second kappa shape index (κ2) is 13.4. The number of esters is 1. The number of hydrogen-bond donors (Lipinski definition) is 0. The molecule has 3 aromatic carbocycles. The second-order valence-electron chi connectivity index (χ2n) is 9.64. The Kier molecular flexibility index (Phi) is 9.73. The number of aromatic nitrogens is 1. The molecule has 0 spiro atoms. The first-order valence-corrected chi connectivity index (χ1v) is 15.6. The van der Waals surface area contributed by atoms with E-state index in [1.807, 2.05) is 0 Å². The molecule has 238 valence electrons. The fraction of sp³-hybridized carbons (Fsp3) is 0.167. The minimum absolute atomic E-state index is 0.0347. The smallest absolute Gasteiger partial charge is 0.434 e. The van der Waals surface area contributed by atoms with Crippen LogP contribution < -0.4 is 19.6 Å². The number of allylic oxidation sites excluding steroid dienone is 1. The molecule has 1 aromatic heterocycles. The molecule has 16 heteroatoms. The van der Waals surface area contributed by atoms with Gasteiger partial charge in [0.25, 0.3) is 5.56 Å². The highest BCUT2D eigenvalue weighted by molar-refractivity contribution is 9.10. The molecule has 0 bridgehead atoms. The summed E-state index contributed by atoms with van der Waals surface area (Å²) in [5, 5.41) is 12.7. The summed E-state index contributed by atoms with van der Waals surface area (Å²) in [7, 11) is 0. The lowest BCUT2D eigenvalue weighted by Gasteiger charge is -2.26. The number of fused-ring (bicyclic) bond motifs is 1. The number of alkyl halides is 3. The summed E-state index contributed by atoms with van der Waals surface area (Å²) in [6, 6.07) is 13.4. The van der Waals surface area contributed by atoms with Crippen molar-refractivity contribution in [1.29, 1.82) is 0 Å². The zero-order chi connectivity index (χ0) is 33.3. The highest BCUT2D eigenvalue weighted by Crippen LogP contribution is 2.39. The van der Waals surface area contributed by atoms with Crippen molar-refractivity contribution in [2.75, 3.05) is 6.61 Å². The second-order valence-corrected chi connectivity index (χ2v) is 12.4. The fourth-order valence-corrected chi connectivity index (χ4v) is 6.62. The van der Waals surface area contributed by atoms with Crippen LogP contribution in [0.25, 0.3) is 6.08 Å². The molecule has 0 unspecified atom stereocenters. The first-order chi connectivity index (χ1) is 21.8. The van der Waals surface area contributed by atoms with Gasteiger partial charge >= 0.3 is 17.8 Å². The molecule has 1 aliphatic rings. The Hall–Kier alpha value is -3.98. The summed E-state index contributed by atoms with van der Waals surface area (Å²) in [5.74, 6) is -1.37. The van der Waals surface area contributed by atoms with Gasteiger partial charge in [-0.3, -0.25) is 19.5 Å². The van der Waals surface area contributed by atoms with Gasteiger partial charge in [-0.25, -0.2) is 9.79 Å². The van der Waals surface area contributed by atoms with Crippen molar-refractivity contribution in [3.8, 4) is 5.75 Å². The van der Waals surface area contributed by atoms with Crippen LogP contribution in [0.5, 0.6) is 5.75 Å². The van der Waals surface area contributed by atoms with Crippen LogP contribution in [0.2, 0.25) is 10.0 Å². The first-order valence-electron chi connectivity index (χ1n) is 13.2. The number of nitrogens with zero attached hydrogens (tertiary/aromatic N) is 3. The van der Waals surface area contributed by atoms with Gasteiger partial charge < -0.3 is 9.47 Å². The Morgan fingerprint density at radius 3 is 2.50 bits per heavy atom. The summed E-state index contributed by atoms with van der Waals surface area (Å²) in [5.41, 5.74) is -2.60. The third kappa shape index (κ3) is 6.89. The quantitative estimate of drug-likeness (QED) is 0.110. The molecular formula is C30H19BrCl2F3N3O6S. The molecule has 0 fully saturated rings. The molecule has 0 N–H and O–H groups in total. The van der Waals surface area contributed by atoms with Gasteiger partial charge in [0.2, 0.25) is 5.75 Å². The number of halogens is 6. The van der Waals surface area contributed by atoms with E-state index in [1.54, 1.807) is 24.3 Å². The third-order valence-electron chi connectivity index (χ3n) is 6.59. The average Bonchev–Trinajstić information content (AvgIpc) is 3.30. The molecule has 0 aliphatic carbocycles. The standard InChI is InChI=1S/C30H19BrCl2F3N3O6S/c1-2-44-28(41)23-24(17-6-8-18(32)9-7-17)38-27(40)22(46-29(38)37-26(23)30(34,35)36)13-16-11-20(31)25(21(12-16)39(42)43)45-14-15-4-3-5-19(33)10-15/h3-13,24H,2,14H2,1H3/b22-13-/t24-/m0/s1. The number of hydrogen-bond acceptors (Lipinski definition) is 8. The van der Waals surface area contributed by atoms with E-state index in [9.17, 15) is 32.9 Å². The van der Waals surface area contributed by atoms with E-state index in [0.29, 0.717) is 21.9 Å². The van der Waals surface area contributed by atoms with Crippen LogP contribution in [0.15, 0.2) is 86.2 Å². The molecule has 46 heavy (non-hydrogen) atoms. The van der Waals surface area contributed by atoms with Crippen molar-refractivity contribution < 1.29 is 32.4 Å². The summed E-state index contributed by atoms with van der Waals surface area (Å²) in [6.07, 6.45) is -3.79. The number of benzene rings is 3. The molecule has 0 saturated carbocycles. The van der Waals surface area contributed by atoms with Crippen molar-refractivity contribution in [3.63, 3.8) is 0 Å². The molecular weight excluding hydrogens is 738 g/mol. The molecule has 5 rings (SSSR count). The normalized spacial score (nSPS) is 14.9. The lowest BCUT2D eigenvalue weighted by Crippen LogP contribution is -2.41. The Balaban J connectivity index is 1.66. The summed E-state index contributed by atoms with van der Waals surface area (Å²) in [4.78, 5) is 41.5. The number of nitro benzene ring substituents is 1. The molecule has 4 aromatic rings. The largest absolute Gasteiger partial charge is 0.481 e. The first kappa shape index (κ1) is 33.4. The van der Waals surface area contributed by atoms with Gasteiger partial charge in [0.15, 0.2) is 10.5 Å². The average molecular weight is 757 g/mol. The van der Waals surface area contributed by atoms with E-state index in [-0.39, 0.29) is 48.9 Å². The third-order valence-corrected chi connectivity index (χ3v) is 8.65. The number of thiazole rings is 1. The highest BCUT2D eigenvalue weighted by atomic mass is 79.9. The van der Waals surface area contributed by atoms with Crippen LogP contribution in [0, 0.1) is 10.1 Å². The van der Waals surface area contributed by atoms with Crippen LogP contribution in [0.1, 0.15) is 29.7 Å². The van der Waals surface area contributed by atoms with E-state index in [2.05, 4.69) is 20.9 Å². The molecule has 1 atom stereocenters. The minimum Gasteiger partial charge on any atom is -0.481 e. The number of rotatable bonds is 8. The van der Waals surface area contributed by atoms with Crippen molar-refractivity contribution in [2.24, 2.45) is 4.99 Å². The highest BCUT2D eigenvalue weighted by Gasteiger charge is 2.45. The molecule has 0 saturated heterocycles. The minimum atomic E-state index is -5.08. The SMILES string of the molecule is CCOC(=O)C1=C(C(F)(F)F)N=c2s/c(=C\c3cc(Br)c(OCc4cccc(Cl)c4)c([N+](=O)[O-])c3)c(=O)n2[C@H]1c1ccc(Cl)cc1. The molecule has 0 radical (unpaired) electrons. The van der Waals surface area contributed by atoms with Gasteiger partial charge in [0.05, 0.1) is 32.2 Å². The fourth-order valence-electron chi connectivity index (χ4n) is 4.70. The lowest BCUT2D eigenvalue weighted by atomic mass is 9.95. The van der Waals surface area contributed by atoms with E-state index in [0.717, 1.165) is 10.6 Å². The summed E-state index contributed by atoms with van der Waals surface area (Å²) >= 11 is 15.9.